The van der Waals surface area contributed by atoms with E-state index in [9.17, 15) is 18.0 Å². The molecular formula is C24H26F3N5O2. The number of anilines is 1. The van der Waals surface area contributed by atoms with Gasteiger partial charge in [-0.15, -0.1) is 0 Å². The average Bonchev–Trinajstić information content (AvgIpc) is 3.10. The number of imidazole rings is 1. The molecule has 1 aliphatic carbocycles. The number of nitrogens with zero attached hydrogens (tertiary/aromatic N) is 4. The first kappa shape index (κ1) is 22.5. The van der Waals surface area contributed by atoms with Crippen LogP contribution in [0.1, 0.15) is 39.2 Å². The zero-order valence-corrected chi connectivity index (χ0v) is 19.2. The molecule has 0 unspecified atom stereocenters. The molecule has 1 saturated heterocycles. The van der Waals surface area contributed by atoms with Gasteiger partial charge in [-0.3, -0.25) is 4.40 Å². The van der Waals surface area contributed by atoms with Crippen LogP contribution in [0.15, 0.2) is 42.7 Å². The molecule has 34 heavy (non-hydrogen) atoms. The third-order valence-electron chi connectivity index (χ3n) is 6.26. The van der Waals surface area contributed by atoms with Crippen LogP contribution in [0, 0.1) is 5.41 Å². The van der Waals surface area contributed by atoms with Gasteiger partial charge in [0.2, 0.25) is 0 Å². The number of halogens is 3. The fourth-order valence-electron chi connectivity index (χ4n) is 4.77. The summed E-state index contributed by atoms with van der Waals surface area (Å²) < 4.78 is 46.3. The van der Waals surface area contributed by atoms with E-state index in [-0.39, 0.29) is 17.6 Å². The van der Waals surface area contributed by atoms with E-state index in [0.29, 0.717) is 35.9 Å². The van der Waals surface area contributed by atoms with Crippen molar-refractivity contribution in [3.05, 3.63) is 48.3 Å². The standard InChI is InChI=1S/C24H26F3N5O2/c1-22(2,3)34-21(33)31-13-23(14-31)9-16(10-23)29-19-6-4-5-17(30-19)18-11-28-20-8-7-15(12-32(18)20)24(25,26)27/h4-8,11-12,16H,9-10,13-14H2,1-3H3,(H,29,30). The molecular weight excluding hydrogens is 447 g/mol. The van der Waals surface area contributed by atoms with Crippen LogP contribution >= 0.6 is 0 Å². The Hall–Kier alpha value is -3.30. The minimum atomic E-state index is -4.44. The Bertz CT molecular complexity index is 1230. The molecule has 2 fully saturated rings. The lowest BCUT2D eigenvalue weighted by atomic mass is 9.61. The van der Waals surface area contributed by atoms with Gasteiger partial charge in [0.1, 0.15) is 17.1 Å². The molecule has 10 heteroatoms. The number of pyridine rings is 2. The van der Waals surface area contributed by atoms with Gasteiger partial charge in [-0.1, -0.05) is 6.07 Å². The van der Waals surface area contributed by atoms with Crippen LogP contribution in [0.3, 0.4) is 0 Å². The van der Waals surface area contributed by atoms with E-state index in [4.69, 9.17) is 4.74 Å². The monoisotopic (exact) mass is 473 g/mol. The summed E-state index contributed by atoms with van der Waals surface area (Å²) in [7, 11) is 0. The number of alkyl halides is 3. The molecule has 1 spiro atoms. The third kappa shape index (κ3) is 4.28. The van der Waals surface area contributed by atoms with Crippen molar-refractivity contribution < 1.29 is 22.7 Å². The topological polar surface area (TPSA) is 71.8 Å². The molecule has 1 saturated carbocycles. The molecule has 2 aliphatic rings. The van der Waals surface area contributed by atoms with Crippen LogP contribution in [0.2, 0.25) is 0 Å². The van der Waals surface area contributed by atoms with Gasteiger partial charge in [0, 0.05) is 30.7 Å². The molecule has 0 bridgehead atoms. The highest BCUT2D eigenvalue weighted by Crippen LogP contribution is 2.49. The van der Waals surface area contributed by atoms with E-state index in [1.54, 1.807) is 11.0 Å². The quantitative estimate of drug-likeness (QED) is 0.564. The first-order valence-corrected chi connectivity index (χ1v) is 11.2. The van der Waals surface area contributed by atoms with Crippen LogP contribution in [-0.2, 0) is 10.9 Å². The number of carbonyl (C=O) groups excluding carboxylic acids is 1. The fourth-order valence-corrected chi connectivity index (χ4v) is 4.77. The van der Waals surface area contributed by atoms with Gasteiger partial charge in [-0.25, -0.2) is 14.8 Å². The van der Waals surface area contributed by atoms with Crippen molar-refractivity contribution >= 4 is 17.6 Å². The fraction of sp³-hybridized carbons (Fsp3) is 0.458. The van der Waals surface area contributed by atoms with Crippen molar-refractivity contribution in [3.8, 4) is 11.4 Å². The van der Waals surface area contributed by atoms with Gasteiger partial charge in [0.05, 0.1) is 23.1 Å². The Morgan fingerprint density at radius 2 is 1.88 bits per heavy atom. The summed E-state index contributed by atoms with van der Waals surface area (Å²) in [6.45, 7) is 6.95. The van der Waals surface area contributed by atoms with E-state index < -0.39 is 17.3 Å². The maximum absolute atomic E-state index is 13.2. The molecule has 1 amide bonds. The highest BCUT2D eigenvalue weighted by atomic mass is 19.4. The molecule has 180 valence electrons. The number of rotatable bonds is 3. The molecule has 4 heterocycles. The largest absolute Gasteiger partial charge is 0.444 e. The minimum absolute atomic E-state index is 0.127. The lowest BCUT2D eigenvalue weighted by molar-refractivity contribution is -0.137. The van der Waals surface area contributed by atoms with E-state index in [2.05, 4.69) is 15.3 Å². The van der Waals surface area contributed by atoms with Crippen molar-refractivity contribution in [2.24, 2.45) is 5.41 Å². The molecule has 5 rings (SSSR count). The summed E-state index contributed by atoms with van der Waals surface area (Å²) in [5.41, 5.74) is 0.322. The van der Waals surface area contributed by atoms with Crippen LogP contribution in [-0.4, -0.2) is 50.1 Å². The Morgan fingerprint density at radius 3 is 2.56 bits per heavy atom. The van der Waals surface area contributed by atoms with Gasteiger partial charge < -0.3 is 15.0 Å². The Morgan fingerprint density at radius 1 is 1.15 bits per heavy atom. The lowest BCUT2D eigenvalue weighted by Gasteiger charge is -2.58. The highest BCUT2D eigenvalue weighted by molar-refractivity contribution is 5.69. The van der Waals surface area contributed by atoms with Gasteiger partial charge >= 0.3 is 12.3 Å². The molecule has 0 atom stereocenters. The first-order valence-electron chi connectivity index (χ1n) is 11.2. The second-order valence-corrected chi connectivity index (χ2v) is 10.3. The van der Waals surface area contributed by atoms with Crippen molar-refractivity contribution in [3.63, 3.8) is 0 Å². The summed E-state index contributed by atoms with van der Waals surface area (Å²) in [6.07, 6.45) is -0.300. The number of likely N-dealkylation sites (tertiary alicyclic amines) is 1. The molecule has 1 N–H and O–H groups in total. The van der Waals surface area contributed by atoms with Gasteiger partial charge in [0.25, 0.3) is 0 Å². The number of aromatic nitrogens is 3. The van der Waals surface area contributed by atoms with Crippen molar-refractivity contribution in [1.82, 2.24) is 19.3 Å². The Balaban J connectivity index is 1.24. The van der Waals surface area contributed by atoms with Crippen molar-refractivity contribution in [2.75, 3.05) is 18.4 Å². The predicted molar refractivity (Wildman–Crippen MR) is 120 cm³/mol. The van der Waals surface area contributed by atoms with Crippen LogP contribution in [0.5, 0.6) is 0 Å². The van der Waals surface area contributed by atoms with Gasteiger partial charge in [-0.2, -0.15) is 13.2 Å². The average molecular weight is 473 g/mol. The summed E-state index contributed by atoms with van der Waals surface area (Å²) in [5, 5.41) is 3.41. The Kier molecular flexibility index (Phi) is 5.03. The number of amides is 1. The maximum atomic E-state index is 13.2. The normalized spacial score (nSPS) is 18.0. The summed E-state index contributed by atoms with van der Waals surface area (Å²) >= 11 is 0. The van der Waals surface area contributed by atoms with Crippen LogP contribution < -0.4 is 5.32 Å². The zero-order valence-electron chi connectivity index (χ0n) is 19.2. The van der Waals surface area contributed by atoms with E-state index in [1.807, 2.05) is 32.9 Å². The number of nitrogens with one attached hydrogen (secondary N) is 1. The summed E-state index contributed by atoms with van der Waals surface area (Å²) in [4.78, 5) is 22.7. The van der Waals surface area contributed by atoms with E-state index in [0.717, 1.165) is 25.1 Å². The first-order chi connectivity index (χ1) is 15.9. The summed E-state index contributed by atoms with van der Waals surface area (Å²) in [5.74, 6) is 0.655. The SMILES string of the molecule is CC(C)(C)OC(=O)N1CC2(CC(Nc3cccc(-c4cnc5ccc(C(F)(F)F)cn45)n3)C2)C1. The molecule has 3 aromatic rings. The smallest absolute Gasteiger partial charge is 0.417 e. The zero-order chi connectivity index (χ0) is 24.3. The molecule has 0 radical (unpaired) electrons. The number of hydrogen-bond donors (Lipinski definition) is 1. The Labute approximate surface area is 194 Å². The number of ether oxygens (including phenoxy) is 1. The molecule has 0 aromatic carbocycles. The van der Waals surface area contributed by atoms with E-state index >= 15 is 0 Å². The highest BCUT2D eigenvalue weighted by Gasteiger charge is 2.54. The minimum Gasteiger partial charge on any atom is -0.444 e. The molecule has 3 aromatic heterocycles. The van der Waals surface area contributed by atoms with E-state index in [1.165, 1.54) is 16.7 Å². The third-order valence-corrected chi connectivity index (χ3v) is 6.26. The number of carbonyl (C=O) groups is 1. The second kappa shape index (κ2) is 7.61. The predicted octanol–water partition coefficient (Wildman–Crippen LogP) is 5.23. The number of fused-ring (bicyclic) bond motifs is 1. The molecule has 7 nitrogen and oxygen atoms in total. The molecule has 1 aliphatic heterocycles. The lowest BCUT2D eigenvalue weighted by Crippen LogP contribution is -2.66. The van der Waals surface area contributed by atoms with Crippen LogP contribution in [0.4, 0.5) is 23.8 Å². The van der Waals surface area contributed by atoms with Crippen molar-refractivity contribution in [1.29, 1.82) is 0 Å². The van der Waals surface area contributed by atoms with Gasteiger partial charge in [0.15, 0.2) is 0 Å². The van der Waals surface area contributed by atoms with Crippen LogP contribution in [0.25, 0.3) is 17.0 Å². The second-order valence-electron chi connectivity index (χ2n) is 10.3. The van der Waals surface area contributed by atoms with Gasteiger partial charge in [-0.05, 0) is 57.9 Å². The number of hydrogen-bond acceptors (Lipinski definition) is 5. The van der Waals surface area contributed by atoms with Crippen molar-refractivity contribution in [2.45, 2.75) is 51.4 Å². The summed E-state index contributed by atoms with van der Waals surface area (Å²) in [6, 6.07) is 8.01. The maximum Gasteiger partial charge on any atom is 0.417 e.